The SMILES string of the molecule is O=Cc1ccccc1C(=O)NOCc1cccc(=O)[nH]1. The zero-order valence-electron chi connectivity index (χ0n) is 10.5. The molecule has 1 aromatic heterocycles. The fourth-order valence-electron chi connectivity index (χ4n) is 1.62. The third-order valence-corrected chi connectivity index (χ3v) is 2.55. The van der Waals surface area contributed by atoms with Crippen LogP contribution in [0.4, 0.5) is 0 Å². The van der Waals surface area contributed by atoms with Gasteiger partial charge in [0.1, 0.15) is 6.61 Å². The zero-order valence-corrected chi connectivity index (χ0v) is 10.5. The van der Waals surface area contributed by atoms with Gasteiger partial charge >= 0.3 is 0 Å². The Bertz CT molecular complexity index is 679. The van der Waals surface area contributed by atoms with Crippen LogP contribution in [0.1, 0.15) is 26.4 Å². The van der Waals surface area contributed by atoms with Crippen LogP contribution in [-0.4, -0.2) is 17.2 Å². The highest BCUT2D eigenvalue weighted by atomic mass is 16.6. The summed E-state index contributed by atoms with van der Waals surface area (Å²) in [6, 6.07) is 11.0. The summed E-state index contributed by atoms with van der Waals surface area (Å²) in [5, 5.41) is 0. The Morgan fingerprint density at radius 2 is 2.00 bits per heavy atom. The van der Waals surface area contributed by atoms with Crippen LogP contribution in [0.15, 0.2) is 47.3 Å². The molecule has 20 heavy (non-hydrogen) atoms. The molecule has 0 bridgehead atoms. The molecule has 0 saturated heterocycles. The van der Waals surface area contributed by atoms with E-state index in [2.05, 4.69) is 10.5 Å². The fourth-order valence-corrected chi connectivity index (χ4v) is 1.62. The van der Waals surface area contributed by atoms with Crippen LogP contribution in [0.25, 0.3) is 0 Å². The van der Waals surface area contributed by atoms with Gasteiger partial charge in [-0.05, 0) is 12.1 Å². The lowest BCUT2D eigenvalue weighted by Crippen LogP contribution is -2.25. The van der Waals surface area contributed by atoms with Gasteiger partial charge < -0.3 is 4.98 Å². The summed E-state index contributed by atoms with van der Waals surface area (Å²) >= 11 is 0. The van der Waals surface area contributed by atoms with Gasteiger partial charge in [-0.25, -0.2) is 5.48 Å². The minimum Gasteiger partial charge on any atom is -0.324 e. The van der Waals surface area contributed by atoms with Crippen LogP contribution in [0, 0.1) is 0 Å². The number of nitrogens with one attached hydrogen (secondary N) is 2. The highest BCUT2D eigenvalue weighted by Crippen LogP contribution is 2.06. The van der Waals surface area contributed by atoms with E-state index < -0.39 is 5.91 Å². The number of hydroxylamine groups is 1. The molecule has 0 fully saturated rings. The summed E-state index contributed by atoms with van der Waals surface area (Å²) in [7, 11) is 0. The second-order valence-electron chi connectivity index (χ2n) is 3.97. The molecule has 0 unspecified atom stereocenters. The van der Waals surface area contributed by atoms with Crippen molar-refractivity contribution >= 4 is 12.2 Å². The first-order chi connectivity index (χ1) is 9.70. The number of hydrogen-bond acceptors (Lipinski definition) is 4. The van der Waals surface area contributed by atoms with Crippen LogP contribution in [0.2, 0.25) is 0 Å². The lowest BCUT2D eigenvalue weighted by atomic mass is 10.1. The van der Waals surface area contributed by atoms with Crippen LogP contribution >= 0.6 is 0 Å². The van der Waals surface area contributed by atoms with Crippen LogP contribution in [-0.2, 0) is 11.4 Å². The number of pyridine rings is 1. The smallest absolute Gasteiger partial charge is 0.275 e. The van der Waals surface area contributed by atoms with E-state index in [0.29, 0.717) is 12.0 Å². The second-order valence-corrected chi connectivity index (χ2v) is 3.97. The lowest BCUT2D eigenvalue weighted by molar-refractivity contribution is 0.0221. The van der Waals surface area contributed by atoms with Crippen molar-refractivity contribution in [3.63, 3.8) is 0 Å². The van der Waals surface area contributed by atoms with Crippen molar-refractivity contribution in [3.05, 3.63) is 69.6 Å². The number of rotatable bonds is 5. The van der Waals surface area contributed by atoms with Gasteiger partial charge in [0.15, 0.2) is 6.29 Å². The molecule has 0 aliphatic rings. The third kappa shape index (κ3) is 3.39. The fraction of sp³-hybridized carbons (Fsp3) is 0.0714. The molecule has 1 heterocycles. The largest absolute Gasteiger partial charge is 0.324 e. The molecule has 0 atom stereocenters. The second kappa shape index (κ2) is 6.44. The van der Waals surface area contributed by atoms with E-state index in [4.69, 9.17) is 4.84 Å². The number of carbonyl (C=O) groups is 2. The van der Waals surface area contributed by atoms with E-state index in [1.165, 1.54) is 18.2 Å². The molecule has 0 spiro atoms. The minimum atomic E-state index is -0.522. The average molecular weight is 272 g/mol. The molecular formula is C14H12N2O4. The van der Waals surface area contributed by atoms with Crippen molar-refractivity contribution < 1.29 is 14.4 Å². The summed E-state index contributed by atoms with van der Waals surface area (Å²) < 4.78 is 0. The van der Waals surface area contributed by atoms with Crippen LogP contribution in [0.5, 0.6) is 0 Å². The number of hydrogen-bond donors (Lipinski definition) is 2. The monoisotopic (exact) mass is 272 g/mol. The number of H-pyrrole nitrogens is 1. The maximum Gasteiger partial charge on any atom is 0.275 e. The lowest BCUT2D eigenvalue weighted by Gasteiger charge is -2.07. The predicted molar refractivity (Wildman–Crippen MR) is 71.1 cm³/mol. The van der Waals surface area contributed by atoms with E-state index in [1.54, 1.807) is 24.3 Å². The number of amides is 1. The van der Waals surface area contributed by atoms with Gasteiger partial charge in [0.25, 0.3) is 5.91 Å². The predicted octanol–water partition coefficient (Wildman–Crippen LogP) is 1.05. The van der Waals surface area contributed by atoms with Crippen molar-refractivity contribution in [1.82, 2.24) is 10.5 Å². The molecule has 6 nitrogen and oxygen atoms in total. The van der Waals surface area contributed by atoms with Gasteiger partial charge in [0.05, 0.1) is 5.56 Å². The Morgan fingerprint density at radius 3 is 2.75 bits per heavy atom. The van der Waals surface area contributed by atoms with Gasteiger partial charge in [-0.1, -0.05) is 24.3 Å². The Morgan fingerprint density at radius 1 is 1.20 bits per heavy atom. The van der Waals surface area contributed by atoms with Crippen molar-refractivity contribution in [3.8, 4) is 0 Å². The summed E-state index contributed by atoms with van der Waals surface area (Å²) in [6.07, 6.45) is 0.601. The number of benzene rings is 1. The van der Waals surface area contributed by atoms with Gasteiger partial charge in [0, 0.05) is 17.3 Å². The highest BCUT2D eigenvalue weighted by Gasteiger charge is 2.10. The quantitative estimate of drug-likeness (QED) is 0.629. The molecule has 1 amide bonds. The number of aromatic amines is 1. The summed E-state index contributed by atoms with van der Waals surface area (Å²) in [6.45, 7) is 0.0189. The first kappa shape index (κ1) is 13.7. The molecule has 0 aliphatic heterocycles. The van der Waals surface area contributed by atoms with E-state index in [9.17, 15) is 14.4 Å². The molecule has 2 N–H and O–H groups in total. The average Bonchev–Trinajstić information content (AvgIpc) is 2.47. The van der Waals surface area contributed by atoms with Crippen molar-refractivity contribution in [2.45, 2.75) is 6.61 Å². The van der Waals surface area contributed by atoms with E-state index >= 15 is 0 Å². The van der Waals surface area contributed by atoms with Crippen molar-refractivity contribution in [2.24, 2.45) is 0 Å². The summed E-state index contributed by atoms with van der Waals surface area (Å²) in [5.41, 5.74) is 3.01. The zero-order chi connectivity index (χ0) is 14.4. The van der Waals surface area contributed by atoms with E-state index in [1.807, 2.05) is 0 Å². The molecule has 2 aromatic rings. The number of carbonyl (C=O) groups excluding carboxylic acids is 2. The van der Waals surface area contributed by atoms with Crippen molar-refractivity contribution in [1.29, 1.82) is 0 Å². The molecule has 102 valence electrons. The van der Waals surface area contributed by atoms with Crippen LogP contribution in [0.3, 0.4) is 0 Å². The van der Waals surface area contributed by atoms with Crippen LogP contribution < -0.4 is 11.0 Å². The topological polar surface area (TPSA) is 88.3 Å². The Kier molecular flexibility index (Phi) is 4.41. The Labute approximate surface area is 114 Å². The molecule has 0 aliphatic carbocycles. The van der Waals surface area contributed by atoms with Gasteiger partial charge in [-0.15, -0.1) is 0 Å². The maximum atomic E-state index is 11.8. The maximum absolute atomic E-state index is 11.8. The van der Waals surface area contributed by atoms with Crippen molar-refractivity contribution in [2.75, 3.05) is 0 Å². The highest BCUT2D eigenvalue weighted by molar-refractivity contribution is 6.00. The molecular weight excluding hydrogens is 260 g/mol. The van der Waals surface area contributed by atoms with E-state index in [0.717, 1.165) is 0 Å². The molecule has 2 rings (SSSR count). The first-order valence-electron chi connectivity index (χ1n) is 5.85. The molecule has 0 saturated carbocycles. The van der Waals surface area contributed by atoms with Gasteiger partial charge in [-0.2, -0.15) is 0 Å². The molecule has 0 radical (unpaired) electrons. The normalized spacial score (nSPS) is 10.0. The number of aromatic nitrogens is 1. The minimum absolute atomic E-state index is 0.0189. The summed E-state index contributed by atoms with van der Waals surface area (Å²) in [5.74, 6) is -0.522. The number of aldehydes is 1. The third-order valence-electron chi connectivity index (χ3n) is 2.55. The van der Waals surface area contributed by atoms with Gasteiger partial charge in [0.2, 0.25) is 5.56 Å². The molecule has 1 aromatic carbocycles. The first-order valence-corrected chi connectivity index (χ1v) is 5.85. The molecule has 6 heteroatoms. The standard InChI is InChI=1S/C14H12N2O4/c17-8-10-4-1-2-6-12(10)14(19)16-20-9-11-5-3-7-13(18)15-11/h1-8H,9H2,(H,15,18)(H,16,19). The van der Waals surface area contributed by atoms with E-state index in [-0.39, 0.29) is 23.3 Å². The Hall–Kier alpha value is -2.73. The Balaban J connectivity index is 1.96. The van der Waals surface area contributed by atoms with Gasteiger partial charge in [-0.3, -0.25) is 19.2 Å². The summed E-state index contributed by atoms with van der Waals surface area (Å²) in [4.78, 5) is 41.2.